The Hall–Kier alpha value is -2.08. The van der Waals surface area contributed by atoms with Gasteiger partial charge in [-0.25, -0.2) is 4.79 Å². The number of aliphatic hydroxyl groups excluding tert-OH is 1. The van der Waals surface area contributed by atoms with Gasteiger partial charge in [-0.1, -0.05) is 71.9 Å². The molecule has 6 nitrogen and oxygen atoms in total. The van der Waals surface area contributed by atoms with Crippen molar-refractivity contribution in [2.24, 2.45) is 17.3 Å². The van der Waals surface area contributed by atoms with Gasteiger partial charge in [0.25, 0.3) is 0 Å². The van der Waals surface area contributed by atoms with Gasteiger partial charge in [0, 0.05) is 11.5 Å². The van der Waals surface area contributed by atoms with E-state index in [0.717, 1.165) is 12.0 Å². The zero-order chi connectivity index (χ0) is 21.3. The minimum atomic E-state index is -0.715. The molecule has 0 aromatic heterocycles. The summed E-state index contributed by atoms with van der Waals surface area (Å²) >= 11 is 0. The molecule has 0 fully saturated rings. The molecular weight excluding hydrogens is 356 g/mol. The maximum atomic E-state index is 12.9. The molecule has 0 saturated heterocycles. The second kappa shape index (κ2) is 11.1. The Kier molecular flexibility index (Phi) is 9.46. The fourth-order valence-corrected chi connectivity index (χ4v) is 2.84. The molecule has 6 heteroatoms. The first-order valence-corrected chi connectivity index (χ1v) is 9.95. The van der Waals surface area contributed by atoms with Crippen LogP contribution in [0.25, 0.3) is 0 Å². The van der Waals surface area contributed by atoms with Crippen molar-refractivity contribution in [3.63, 3.8) is 0 Å². The van der Waals surface area contributed by atoms with Crippen LogP contribution in [-0.4, -0.2) is 35.8 Å². The minimum absolute atomic E-state index is 0.0381. The van der Waals surface area contributed by atoms with Gasteiger partial charge in [0.15, 0.2) is 0 Å². The summed E-state index contributed by atoms with van der Waals surface area (Å²) in [6.07, 6.45) is 0.113. The highest BCUT2D eigenvalue weighted by Gasteiger charge is 2.34. The van der Waals surface area contributed by atoms with Crippen molar-refractivity contribution in [1.82, 2.24) is 10.6 Å². The van der Waals surface area contributed by atoms with Gasteiger partial charge in [-0.3, -0.25) is 4.79 Å². The smallest absolute Gasteiger partial charge is 0.408 e. The second-order valence-electron chi connectivity index (χ2n) is 8.77. The third kappa shape index (κ3) is 7.89. The van der Waals surface area contributed by atoms with Gasteiger partial charge in [0.05, 0.1) is 6.61 Å². The van der Waals surface area contributed by atoms with Gasteiger partial charge in [0.2, 0.25) is 5.91 Å². The summed E-state index contributed by atoms with van der Waals surface area (Å²) < 4.78 is 5.25. The lowest BCUT2D eigenvalue weighted by Gasteiger charge is -2.36. The Morgan fingerprint density at radius 1 is 1.07 bits per heavy atom. The lowest BCUT2D eigenvalue weighted by atomic mass is 9.80. The maximum absolute atomic E-state index is 12.9. The second-order valence-corrected chi connectivity index (χ2v) is 8.77. The lowest BCUT2D eigenvalue weighted by molar-refractivity contribution is -0.126. The summed E-state index contributed by atoms with van der Waals surface area (Å²) in [5.41, 5.74) is 0.417. The predicted octanol–water partition coefficient (Wildman–Crippen LogP) is 3.49. The molecule has 0 aliphatic carbocycles. The molecule has 0 unspecified atom stereocenters. The van der Waals surface area contributed by atoms with Gasteiger partial charge in [-0.2, -0.15) is 0 Å². The van der Waals surface area contributed by atoms with Gasteiger partial charge >= 0.3 is 6.09 Å². The molecule has 0 aliphatic rings. The van der Waals surface area contributed by atoms with Crippen LogP contribution in [0.2, 0.25) is 0 Å². The third-order valence-corrected chi connectivity index (χ3v) is 4.81. The van der Waals surface area contributed by atoms with Crippen molar-refractivity contribution in [3.8, 4) is 0 Å². The van der Waals surface area contributed by atoms with Crippen LogP contribution >= 0.6 is 0 Å². The van der Waals surface area contributed by atoms with Crippen molar-refractivity contribution in [1.29, 1.82) is 0 Å². The average molecular weight is 393 g/mol. The van der Waals surface area contributed by atoms with Crippen LogP contribution in [0.1, 0.15) is 53.5 Å². The largest absolute Gasteiger partial charge is 0.445 e. The summed E-state index contributed by atoms with van der Waals surface area (Å²) in [5.74, 6) is -0.0162. The monoisotopic (exact) mass is 392 g/mol. The standard InChI is InChI=1S/C22H36N2O4/c1-15(2)12-18(22(5,6)14-25)23-20(26)19(16(3)4)24-21(27)28-13-17-10-8-7-9-11-17/h7-11,15-16,18-19,25H,12-14H2,1-6H3,(H,23,26)(H,24,27)/t18-,19+/m1/s1. The van der Waals surface area contributed by atoms with E-state index in [1.807, 2.05) is 58.0 Å². The Balaban J connectivity index is 2.74. The van der Waals surface area contributed by atoms with Crippen molar-refractivity contribution in [3.05, 3.63) is 35.9 Å². The molecule has 1 aromatic carbocycles. The van der Waals surface area contributed by atoms with Crippen LogP contribution in [0.4, 0.5) is 4.79 Å². The molecule has 0 heterocycles. The van der Waals surface area contributed by atoms with E-state index < -0.39 is 17.6 Å². The Bertz CT molecular complexity index is 614. The number of hydrogen-bond donors (Lipinski definition) is 3. The number of amides is 2. The predicted molar refractivity (Wildman–Crippen MR) is 111 cm³/mol. The molecule has 2 amide bonds. The van der Waals surface area contributed by atoms with E-state index in [4.69, 9.17) is 4.74 Å². The normalized spacial score (nSPS) is 13.9. The molecular formula is C22H36N2O4. The van der Waals surface area contributed by atoms with Crippen LogP contribution in [0.3, 0.4) is 0 Å². The number of carbonyl (C=O) groups is 2. The van der Waals surface area contributed by atoms with Gasteiger partial charge in [-0.05, 0) is 23.8 Å². The molecule has 1 rings (SSSR count). The van der Waals surface area contributed by atoms with Gasteiger partial charge in [0.1, 0.15) is 12.6 Å². The zero-order valence-electron chi connectivity index (χ0n) is 18.0. The quantitative estimate of drug-likeness (QED) is 0.569. The molecule has 1 aromatic rings. The van der Waals surface area contributed by atoms with Crippen molar-refractivity contribution in [2.45, 2.75) is 66.7 Å². The zero-order valence-corrected chi connectivity index (χ0v) is 18.0. The number of carbonyl (C=O) groups excluding carboxylic acids is 2. The molecule has 2 atom stereocenters. The van der Waals surface area contributed by atoms with Crippen LogP contribution in [-0.2, 0) is 16.1 Å². The Labute approximate surface area is 169 Å². The molecule has 0 aliphatic heterocycles. The number of alkyl carbamates (subject to hydrolysis) is 1. The number of aliphatic hydroxyl groups is 1. The average Bonchev–Trinajstić information content (AvgIpc) is 2.64. The summed E-state index contributed by atoms with van der Waals surface area (Å²) in [6.45, 7) is 11.8. The fraction of sp³-hybridized carbons (Fsp3) is 0.636. The Morgan fingerprint density at radius 3 is 2.18 bits per heavy atom. The van der Waals surface area contributed by atoms with E-state index in [1.165, 1.54) is 0 Å². The molecule has 158 valence electrons. The summed E-state index contributed by atoms with van der Waals surface area (Å²) in [4.78, 5) is 25.1. The number of ether oxygens (including phenoxy) is 1. The molecule has 0 saturated carbocycles. The SMILES string of the molecule is CC(C)C[C@@H](NC(=O)[C@@H](NC(=O)OCc1ccccc1)C(C)C)C(C)(C)CO. The van der Waals surface area contributed by atoms with Crippen molar-refractivity contribution in [2.75, 3.05) is 6.61 Å². The molecule has 3 N–H and O–H groups in total. The molecule has 28 heavy (non-hydrogen) atoms. The lowest BCUT2D eigenvalue weighted by Crippen LogP contribution is -2.56. The van der Waals surface area contributed by atoms with E-state index in [9.17, 15) is 14.7 Å². The summed E-state index contributed by atoms with van der Waals surface area (Å²) in [5, 5.41) is 15.4. The summed E-state index contributed by atoms with van der Waals surface area (Å²) in [7, 11) is 0. The summed E-state index contributed by atoms with van der Waals surface area (Å²) in [6, 6.07) is 8.46. The highest BCUT2D eigenvalue weighted by atomic mass is 16.5. The third-order valence-electron chi connectivity index (χ3n) is 4.81. The van der Waals surface area contributed by atoms with Crippen LogP contribution in [0.15, 0.2) is 30.3 Å². The van der Waals surface area contributed by atoms with Crippen LogP contribution < -0.4 is 10.6 Å². The number of benzene rings is 1. The van der Waals surface area contributed by atoms with E-state index in [1.54, 1.807) is 0 Å². The van der Waals surface area contributed by atoms with Crippen LogP contribution in [0.5, 0.6) is 0 Å². The van der Waals surface area contributed by atoms with Crippen molar-refractivity contribution < 1.29 is 19.4 Å². The molecule has 0 radical (unpaired) electrons. The first-order chi connectivity index (χ1) is 13.1. The molecule has 0 bridgehead atoms. The highest BCUT2D eigenvalue weighted by molar-refractivity contribution is 5.86. The first-order valence-electron chi connectivity index (χ1n) is 9.95. The number of nitrogens with one attached hydrogen (secondary N) is 2. The Morgan fingerprint density at radius 2 is 1.68 bits per heavy atom. The number of rotatable bonds is 10. The van der Waals surface area contributed by atoms with Gasteiger partial charge < -0.3 is 20.5 Å². The van der Waals surface area contributed by atoms with Crippen molar-refractivity contribution >= 4 is 12.0 Å². The van der Waals surface area contributed by atoms with Gasteiger partial charge in [-0.15, -0.1) is 0 Å². The van der Waals surface area contributed by atoms with E-state index in [0.29, 0.717) is 5.92 Å². The highest BCUT2D eigenvalue weighted by Crippen LogP contribution is 2.25. The molecule has 0 spiro atoms. The number of hydrogen-bond acceptors (Lipinski definition) is 4. The van der Waals surface area contributed by atoms with E-state index >= 15 is 0 Å². The minimum Gasteiger partial charge on any atom is -0.445 e. The van der Waals surface area contributed by atoms with E-state index in [-0.39, 0.29) is 31.1 Å². The van der Waals surface area contributed by atoms with Crippen LogP contribution in [0, 0.1) is 17.3 Å². The van der Waals surface area contributed by atoms with E-state index in [2.05, 4.69) is 24.5 Å². The fourth-order valence-electron chi connectivity index (χ4n) is 2.84. The first kappa shape index (κ1) is 24.0. The maximum Gasteiger partial charge on any atom is 0.408 e. The topological polar surface area (TPSA) is 87.7 Å².